The lowest BCUT2D eigenvalue weighted by atomic mass is 10.1. The number of amides is 1. The van der Waals surface area contributed by atoms with Crippen LogP contribution in [0.4, 0.5) is 10.1 Å². The summed E-state index contributed by atoms with van der Waals surface area (Å²) >= 11 is 0. The van der Waals surface area contributed by atoms with E-state index in [9.17, 15) is 17.6 Å². The highest BCUT2D eigenvalue weighted by atomic mass is 32.2. The molecule has 1 atom stereocenters. The van der Waals surface area contributed by atoms with Gasteiger partial charge in [-0.3, -0.25) is 4.79 Å². The highest BCUT2D eigenvalue weighted by molar-refractivity contribution is 7.94. The van der Waals surface area contributed by atoms with Crippen LogP contribution in [0.15, 0.2) is 60.0 Å². The van der Waals surface area contributed by atoms with Crippen molar-refractivity contribution in [2.24, 2.45) is 0 Å². The minimum Gasteiger partial charge on any atom is -0.494 e. The maximum absolute atomic E-state index is 13.5. The van der Waals surface area contributed by atoms with Gasteiger partial charge in [-0.2, -0.15) is 0 Å². The number of benzene rings is 2. The Balaban J connectivity index is 1.99. The van der Waals surface area contributed by atoms with Crippen molar-refractivity contribution >= 4 is 21.4 Å². The lowest BCUT2D eigenvalue weighted by molar-refractivity contribution is 0.0982. The Morgan fingerprint density at radius 3 is 2.54 bits per heavy atom. The first-order valence-corrected chi connectivity index (χ1v) is 9.84. The zero-order valence-corrected chi connectivity index (χ0v) is 14.9. The molecule has 3 rings (SSSR count). The van der Waals surface area contributed by atoms with Crippen molar-refractivity contribution < 1.29 is 22.3 Å². The molecule has 1 aliphatic heterocycles. The van der Waals surface area contributed by atoms with E-state index in [1.807, 2.05) is 6.92 Å². The van der Waals surface area contributed by atoms with Gasteiger partial charge in [0.05, 0.1) is 18.4 Å². The quantitative estimate of drug-likeness (QED) is 0.805. The van der Waals surface area contributed by atoms with Gasteiger partial charge in [-0.05, 0) is 55.5 Å². The molecule has 0 radical (unpaired) electrons. The molecule has 0 fully saturated rings. The van der Waals surface area contributed by atoms with Crippen LogP contribution in [0.5, 0.6) is 5.75 Å². The summed E-state index contributed by atoms with van der Waals surface area (Å²) in [5.74, 6) is -0.567. The van der Waals surface area contributed by atoms with Crippen LogP contribution in [0.1, 0.15) is 17.3 Å². The number of hydrogen-bond donors (Lipinski definition) is 0. The van der Waals surface area contributed by atoms with Crippen LogP contribution in [-0.4, -0.2) is 32.7 Å². The lowest BCUT2D eigenvalue weighted by Gasteiger charge is -2.28. The minimum absolute atomic E-state index is 0.150. The Morgan fingerprint density at radius 2 is 1.96 bits per heavy atom. The minimum atomic E-state index is -3.36. The van der Waals surface area contributed by atoms with E-state index in [2.05, 4.69) is 0 Å². The first-order chi connectivity index (χ1) is 12.4. The summed E-state index contributed by atoms with van der Waals surface area (Å²) in [5.41, 5.74) is 0.658. The van der Waals surface area contributed by atoms with Crippen LogP contribution in [0.25, 0.3) is 0 Å². The Labute approximate surface area is 151 Å². The van der Waals surface area contributed by atoms with Gasteiger partial charge in [0.25, 0.3) is 5.91 Å². The third kappa shape index (κ3) is 3.94. The van der Waals surface area contributed by atoms with Gasteiger partial charge in [0, 0.05) is 16.7 Å². The van der Waals surface area contributed by atoms with Crippen LogP contribution >= 0.6 is 0 Å². The molecule has 26 heavy (non-hydrogen) atoms. The molecule has 0 bridgehead atoms. The van der Waals surface area contributed by atoms with E-state index in [1.165, 1.54) is 29.2 Å². The van der Waals surface area contributed by atoms with E-state index in [-0.39, 0.29) is 11.3 Å². The summed E-state index contributed by atoms with van der Waals surface area (Å²) in [5, 5.41) is 1.11. The molecule has 1 aliphatic rings. The fourth-order valence-corrected chi connectivity index (χ4v) is 4.08. The summed E-state index contributed by atoms with van der Waals surface area (Å²) in [7, 11) is -3.36. The summed E-state index contributed by atoms with van der Waals surface area (Å²) in [6, 6.07) is 11.4. The van der Waals surface area contributed by atoms with Gasteiger partial charge in [0.2, 0.25) is 0 Å². The smallest absolute Gasteiger partial charge is 0.258 e. The molecule has 0 unspecified atom stereocenters. The predicted octanol–water partition coefficient (Wildman–Crippen LogP) is 3.18. The molecule has 0 saturated carbocycles. The molecule has 0 aromatic heterocycles. The van der Waals surface area contributed by atoms with E-state index < -0.39 is 27.6 Å². The third-order valence-corrected chi connectivity index (χ3v) is 5.34. The fraction of sp³-hybridized carbons (Fsp3) is 0.211. The third-order valence-electron chi connectivity index (χ3n) is 3.96. The lowest BCUT2D eigenvalue weighted by Crippen LogP contribution is -2.41. The number of carbonyl (C=O) groups excluding carboxylic acids is 1. The SMILES string of the molecule is CCOc1ccc(N(C(=O)c2cccc(F)c2)[C@H]2C=CS(=O)(=O)C2)cc1. The van der Waals surface area contributed by atoms with Gasteiger partial charge in [-0.15, -0.1) is 0 Å². The Morgan fingerprint density at radius 1 is 1.23 bits per heavy atom. The normalized spacial score (nSPS) is 17.8. The molecular weight excluding hydrogens is 357 g/mol. The van der Waals surface area contributed by atoms with Gasteiger partial charge in [-0.1, -0.05) is 6.07 Å². The second-order valence-corrected chi connectivity index (χ2v) is 7.77. The van der Waals surface area contributed by atoms with Gasteiger partial charge in [-0.25, -0.2) is 12.8 Å². The van der Waals surface area contributed by atoms with Crippen molar-refractivity contribution in [2.75, 3.05) is 17.3 Å². The monoisotopic (exact) mass is 375 g/mol. The summed E-state index contributed by atoms with van der Waals surface area (Å²) in [6.07, 6.45) is 1.48. The maximum atomic E-state index is 13.5. The van der Waals surface area contributed by atoms with Gasteiger partial charge >= 0.3 is 0 Å². The van der Waals surface area contributed by atoms with Crippen LogP contribution in [0, 0.1) is 5.82 Å². The molecule has 2 aromatic carbocycles. The number of rotatable bonds is 5. The summed E-state index contributed by atoms with van der Waals surface area (Å²) in [6.45, 7) is 2.37. The zero-order valence-electron chi connectivity index (χ0n) is 14.1. The molecule has 0 aliphatic carbocycles. The summed E-state index contributed by atoms with van der Waals surface area (Å²) < 4.78 is 42.6. The van der Waals surface area contributed by atoms with Crippen molar-refractivity contribution in [1.29, 1.82) is 0 Å². The van der Waals surface area contributed by atoms with E-state index in [1.54, 1.807) is 24.3 Å². The van der Waals surface area contributed by atoms with Crippen LogP contribution in [0.2, 0.25) is 0 Å². The predicted molar refractivity (Wildman–Crippen MR) is 97.5 cm³/mol. The number of nitrogens with zero attached hydrogens (tertiary/aromatic N) is 1. The fourth-order valence-electron chi connectivity index (χ4n) is 2.81. The second-order valence-electron chi connectivity index (χ2n) is 5.84. The number of hydrogen-bond acceptors (Lipinski definition) is 4. The molecule has 2 aromatic rings. The molecule has 0 saturated heterocycles. The van der Waals surface area contributed by atoms with E-state index in [0.29, 0.717) is 18.0 Å². The van der Waals surface area contributed by atoms with Crippen LogP contribution in [-0.2, 0) is 9.84 Å². The number of ether oxygens (including phenoxy) is 1. The number of halogens is 1. The number of carbonyl (C=O) groups is 1. The van der Waals surface area contributed by atoms with Crippen molar-refractivity contribution in [2.45, 2.75) is 13.0 Å². The Hall–Kier alpha value is -2.67. The van der Waals surface area contributed by atoms with Crippen molar-refractivity contribution in [3.8, 4) is 5.75 Å². The average molecular weight is 375 g/mol. The number of sulfone groups is 1. The second kappa shape index (κ2) is 7.29. The van der Waals surface area contributed by atoms with E-state index in [0.717, 1.165) is 11.5 Å². The zero-order chi connectivity index (χ0) is 18.7. The standard InChI is InChI=1S/C19H18FNO4S/c1-2-25-18-8-6-16(7-9-18)21(17-10-11-26(23,24)13-17)19(22)14-4-3-5-15(20)12-14/h3-12,17H,2,13H2,1H3/t17-/m0/s1. The molecule has 1 heterocycles. The van der Waals surface area contributed by atoms with Crippen molar-refractivity contribution in [3.63, 3.8) is 0 Å². The van der Waals surface area contributed by atoms with Crippen molar-refractivity contribution in [1.82, 2.24) is 0 Å². The van der Waals surface area contributed by atoms with E-state index >= 15 is 0 Å². The van der Waals surface area contributed by atoms with Gasteiger partial charge < -0.3 is 9.64 Å². The highest BCUT2D eigenvalue weighted by Crippen LogP contribution is 2.27. The Kier molecular flexibility index (Phi) is 5.08. The number of anilines is 1. The maximum Gasteiger partial charge on any atom is 0.258 e. The van der Waals surface area contributed by atoms with Gasteiger partial charge in [0.1, 0.15) is 11.6 Å². The molecule has 5 nitrogen and oxygen atoms in total. The summed E-state index contributed by atoms with van der Waals surface area (Å²) in [4.78, 5) is 14.4. The molecule has 136 valence electrons. The van der Waals surface area contributed by atoms with Crippen LogP contribution in [0.3, 0.4) is 0 Å². The Bertz CT molecular complexity index is 938. The molecule has 7 heteroatoms. The van der Waals surface area contributed by atoms with Gasteiger partial charge in [0.15, 0.2) is 9.84 Å². The highest BCUT2D eigenvalue weighted by Gasteiger charge is 2.32. The van der Waals surface area contributed by atoms with Crippen LogP contribution < -0.4 is 9.64 Å². The largest absolute Gasteiger partial charge is 0.494 e. The molecular formula is C19H18FNO4S. The van der Waals surface area contributed by atoms with Crippen molar-refractivity contribution in [3.05, 3.63) is 71.4 Å². The molecule has 0 N–H and O–H groups in total. The average Bonchev–Trinajstić information content (AvgIpc) is 2.96. The first kappa shape index (κ1) is 18.1. The first-order valence-electron chi connectivity index (χ1n) is 8.12. The van der Waals surface area contributed by atoms with E-state index in [4.69, 9.17) is 4.74 Å². The molecule has 0 spiro atoms. The molecule has 1 amide bonds. The topological polar surface area (TPSA) is 63.7 Å².